The molecule has 2 heterocycles. The second-order valence-corrected chi connectivity index (χ2v) is 7.55. The van der Waals surface area contributed by atoms with Crippen molar-refractivity contribution in [2.24, 2.45) is 0 Å². The Morgan fingerprint density at radius 1 is 1.03 bits per heavy atom. The van der Waals surface area contributed by atoms with Crippen molar-refractivity contribution in [2.45, 2.75) is 12.5 Å². The van der Waals surface area contributed by atoms with Crippen LogP contribution in [0.25, 0.3) is 0 Å². The lowest BCUT2D eigenvalue weighted by Gasteiger charge is -2.36. The van der Waals surface area contributed by atoms with E-state index in [1.54, 1.807) is 29.2 Å². The first-order valence-electron chi connectivity index (χ1n) is 9.50. The molecule has 0 radical (unpaired) electrons. The molecular weight excluding hydrogens is 392 g/mol. The zero-order chi connectivity index (χ0) is 20.4. The largest absolute Gasteiger partial charge is 0.368 e. The van der Waals surface area contributed by atoms with Crippen molar-refractivity contribution in [1.82, 2.24) is 10.2 Å². The van der Waals surface area contributed by atoms with Crippen molar-refractivity contribution < 1.29 is 14.4 Å². The Hall–Kier alpha value is -3.06. The van der Waals surface area contributed by atoms with Gasteiger partial charge < -0.3 is 20.4 Å². The van der Waals surface area contributed by atoms with Crippen LogP contribution < -0.4 is 15.5 Å². The number of amides is 3. The summed E-state index contributed by atoms with van der Waals surface area (Å²) in [5, 5.41) is 6.08. The predicted molar refractivity (Wildman–Crippen MR) is 111 cm³/mol. The summed E-state index contributed by atoms with van der Waals surface area (Å²) in [7, 11) is 0. The van der Waals surface area contributed by atoms with E-state index in [1.165, 1.54) is 0 Å². The van der Waals surface area contributed by atoms with Crippen molar-refractivity contribution in [3.8, 4) is 0 Å². The number of para-hydroxylation sites is 1. The molecule has 29 heavy (non-hydrogen) atoms. The van der Waals surface area contributed by atoms with E-state index in [4.69, 9.17) is 11.6 Å². The molecule has 0 unspecified atom stereocenters. The molecule has 1 saturated heterocycles. The van der Waals surface area contributed by atoms with E-state index in [0.717, 1.165) is 5.69 Å². The summed E-state index contributed by atoms with van der Waals surface area (Å²) in [6.45, 7) is 2.46. The van der Waals surface area contributed by atoms with Gasteiger partial charge >= 0.3 is 0 Å². The maximum absolute atomic E-state index is 12.8. The first-order valence-corrected chi connectivity index (χ1v) is 9.88. The number of nitrogens with one attached hydrogen (secondary N) is 2. The van der Waals surface area contributed by atoms with E-state index in [1.807, 2.05) is 24.3 Å². The van der Waals surface area contributed by atoms with Crippen LogP contribution in [0.5, 0.6) is 0 Å². The van der Waals surface area contributed by atoms with E-state index in [-0.39, 0.29) is 24.1 Å². The van der Waals surface area contributed by atoms with Crippen molar-refractivity contribution in [3.63, 3.8) is 0 Å². The van der Waals surface area contributed by atoms with Crippen LogP contribution in [0.15, 0.2) is 48.5 Å². The summed E-state index contributed by atoms with van der Waals surface area (Å²) in [6.07, 6.45) is -0.0667. The molecule has 0 aliphatic carbocycles. The Kier molecular flexibility index (Phi) is 5.40. The summed E-state index contributed by atoms with van der Waals surface area (Å²) < 4.78 is 0. The molecule has 7 nitrogen and oxygen atoms in total. The fourth-order valence-electron chi connectivity index (χ4n) is 3.65. The van der Waals surface area contributed by atoms with Crippen LogP contribution in [0.3, 0.4) is 0 Å². The molecule has 2 aliphatic rings. The second-order valence-electron chi connectivity index (χ2n) is 7.11. The highest BCUT2D eigenvalue weighted by molar-refractivity contribution is 6.30. The molecule has 2 aliphatic heterocycles. The minimum Gasteiger partial charge on any atom is -0.368 e. The van der Waals surface area contributed by atoms with Crippen LogP contribution >= 0.6 is 11.6 Å². The van der Waals surface area contributed by atoms with Crippen LogP contribution in [-0.2, 0) is 9.59 Å². The van der Waals surface area contributed by atoms with Gasteiger partial charge in [-0.15, -0.1) is 0 Å². The highest BCUT2D eigenvalue weighted by atomic mass is 35.5. The molecule has 150 valence electrons. The van der Waals surface area contributed by atoms with Gasteiger partial charge in [0.2, 0.25) is 11.8 Å². The Labute approximate surface area is 173 Å². The predicted octanol–water partition coefficient (Wildman–Crippen LogP) is 2.13. The number of hydrogen-bond acceptors (Lipinski definition) is 4. The molecule has 2 N–H and O–H groups in total. The zero-order valence-corrected chi connectivity index (χ0v) is 16.5. The molecule has 2 aromatic rings. The third-order valence-electron chi connectivity index (χ3n) is 5.24. The monoisotopic (exact) mass is 412 g/mol. The Morgan fingerprint density at radius 2 is 1.79 bits per heavy atom. The van der Waals surface area contributed by atoms with Gasteiger partial charge in [-0.25, -0.2) is 0 Å². The maximum atomic E-state index is 12.8. The molecule has 0 saturated carbocycles. The first-order chi connectivity index (χ1) is 14.0. The Morgan fingerprint density at radius 3 is 2.55 bits per heavy atom. The normalized spacial score (nSPS) is 19.1. The van der Waals surface area contributed by atoms with Gasteiger partial charge in [0.05, 0.1) is 17.7 Å². The SMILES string of the molecule is O=C1N[C@H](CC(=O)N2CCN(c3cccc(Cl)c3)CC2)C(=O)Nc2ccccc21. The molecule has 0 spiro atoms. The van der Waals surface area contributed by atoms with Gasteiger partial charge in [0.1, 0.15) is 6.04 Å². The summed E-state index contributed by atoms with van der Waals surface area (Å²) in [5.41, 5.74) is 1.88. The van der Waals surface area contributed by atoms with E-state index in [9.17, 15) is 14.4 Å². The fraction of sp³-hybridized carbons (Fsp3) is 0.286. The number of halogens is 1. The molecule has 1 atom stereocenters. The number of carbonyl (C=O) groups excluding carboxylic acids is 3. The lowest BCUT2D eigenvalue weighted by Crippen LogP contribution is -2.51. The molecule has 2 aromatic carbocycles. The molecule has 4 rings (SSSR count). The van der Waals surface area contributed by atoms with E-state index >= 15 is 0 Å². The van der Waals surface area contributed by atoms with Gasteiger partial charge in [0, 0.05) is 36.9 Å². The van der Waals surface area contributed by atoms with Gasteiger partial charge in [-0.1, -0.05) is 29.8 Å². The van der Waals surface area contributed by atoms with Crippen LogP contribution in [-0.4, -0.2) is 54.8 Å². The summed E-state index contributed by atoms with van der Waals surface area (Å²) >= 11 is 6.06. The third-order valence-corrected chi connectivity index (χ3v) is 5.47. The molecule has 1 fully saturated rings. The Balaban J connectivity index is 1.36. The zero-order valence-electron chi connectivity index (χ0n) is 15.7. The number of piperazine rings is 1. The molecule has 3 amide bonds. The highest BCUT2D eigenvalue weighted by Crippen LogP contribution is 2.22. The van der Waals surface area contributed by atoms with Crippen molar-refractivity contribution >= 4 is 40.7 Å². The van der Waals surface area contributed by atoms with E-state index in [2.05, 4.69) is 15.5 Å². The lowest BCUT2D eigenvalue weighted by atomic mass is 10.1. The van der Waals surface area contributed by atoms with Gasteiger partial charge in [-0.2, -0.15) is 0 Å². The number of rotatable bonds is 3. The van der Waals surface area contributed by atoms with Crippen LogP contribution in [0.4, 0.5) is 11.4 Å². The molecular formula is C21H21ClN4O3. The molecule has 0 aromatic heterocycles. The number of fused-ring (bicyclic) bond motifs is 1. The average Bonchev–Trinajstić information content (AvgIpc) is 2.84. The standard InChI is InChI=1S/C21H21ClN4O3/c22-14-4-3-5-15(12-14)25-8-10-26(11-9-25)19(27)13-18-21(29)23-17-7-2-1-6-16(17)20(28)24-18/h1-7,12,18H,8-11,13H2,(H,23,29)(H,24,28)/t18-/m1/s1. The fourth-order valence-corrected chi connectivity index (χ4v) is 3.83. The number of benzene rings is 2. The van der Waals surface area contributed by atoms with E-state index < -0.39 is 6.04 Å². The Bertz CT molecular complexity index is 956. The van der Waals surface area contributed by atoms with Crippen LogP contribution in [0.1, 0.15) is 16.8 Å². The van der Waals surface area contributed by atoms with Gasteiger partial charge in [-0.05, 0) is 30.3 Å². The van der Waals surface area contributed by atoms with Crippen LogP contribution in [0.2, 0.25) is 5.02 Å². The summed E-state index contributed by atoms with van der Waals surface area (Å²) in [6, 6.07) is 13.5. The number of carbonyl (C=O) groups is 3. The third kappa shape index (κ3) is 4.19. The van der Waals surface area contributed by atoms with Crippen molar-refractivity contribution in [1.29, 1.82) is 0 Å². The molecule has 8 heteroatoms. The maximum Gasteiger partial charge on any atom is 0.254 e. The summed E-state index contributed by atoms with van der Waals surface area (Å²) in [5.74, 6) is -0.890. The highest BCUT2D eigenvalue weighted by Gasteiger charge is 2.31. The first kappa shape index (κ1) is 19.3. The smallest absolute Gasteiger partial charge is 0.254 e. The number of nitrogens with zero attached hydrogens (tertiary/aromatic N) is 2. The number of anilines is 2. The second kappa shape index (κ2) is 8.13. The number of hydrogen-bond donors (Lipinski definition) is 2. The summed E-state index contributed by atoms with van der Waals surface area (Å²) in [4.78, 5) is 41.6. The lowest BCUT2D eigenvalue weighted by molar-refractivity contribution is -0.134. The minimum atomic E-state index is -0.895. The van der Waals surface area contributed by atoms with Gasteiger partial charge in [0.15, 0.2) is 0 Å². The van der Waals surface area contributed by atoms with Crippen LogP contribution in [0, 0.1) is 0 Å². The van der Waals surface area contributed by atoms with Crippen molar-refractivity contribution in [2.75, 3.05) is 36.4 Å². The van der Waals surface area contributed by atoms with Gasteiger partial charge in [0.25, 0.3) is 5.91 Å². The molecule has 0 bridgehead atoms. The van der Waals surface area contributed by atoms with Crippen molar-refractivity contribution in [3.05, 3.63) is 59.1 Å². The topological polar surface area (TPSA) is 81.8 Å². The average molecular weight is 413 g/mol. The quantitative estimate of drug-likeness (QED) is 0.809. The van der Waals surface area contributed by atoms with Gasteiger partial charge in [-0.3, -0.25) is 14.4 Å². The minimum absolute atomic E-state index is 0.0667. The van der Waals surface area contributed by atoms with E-state index in [0.29, 0.717) is 42.5 Å².